The molecule has 0 saturated heterocycles. The van der Waals surface area contributed by atoms with Crippen molar-refractivity contribution in [3.8, 4) is 0 Å². The van der Waals surface area contributed by atoms with E-state index in [9.17, 15) is 13.2 Å². The van der Waals surface area contributed by atoms with Crippen LogP contribution in [0, 0.1) is 6.92 Å². The van der Waals surface area contributed by atoms with Crippen LogP contribution in [0.3, 0.4) is 0 Å². The first-order chi connectivity index (χ1) is 10.4. The number of urea groups is 1. The van der Waals surface area contributed by atoms with Gasteiger partial charge >= 0.3 is 6.03 Å². The molecule has 0 radical (unpaired) electrons. The Kier molecular flexibility index (Phi) is 4.84. The molecule has 8 heteroatoms. The van der Waals surface area contributed by atoms with Gasteiger partial charge in [-0.1, -0.05) is 6.07 Å². The smallest absolute Gasteiger partial charge is 0.319 e. The van der Waals surface area contributed by atoms with Crippen molar-refractivity contribution in [2.45, 2.75) is 18.4 Å². The van der Waals surface area contributed by atoms with Gasteiger partial charge in [0.25, 0.3) is 0 Å². The second-order valence-corrected chi connectivity index (χ2v) is 6.43. The Morgan fingerprint density at radius 1 is 1.27 bits per heavy atom. The summed E-state index contributed by atoms with van der Waals surface area (Å²) in [6.45, 7) is 1.93. The van der Waals surface area contributed by atoms with Crippen LogP contribution in [0.5, 0.6) is 0 Å². The molecule has 2 amide bonds. The Morgan fingerprint density at radius 3 is 2.68 bits per heavy atom. The molecule has 0 atom stereocenters. The number of carbonyl (C=O) groups is 1. The van der Waals surface area contributed by atoms with Crippen LogP contribution in [-0.4, -0.2) is 21.5 Å². The lowest BCUT2D eigenvalue weighted by molar-refractivity contribution is 0.251. The molecule has 22 heavy (non-hydrogen) atoms. The van der Waals surface area contributed by atoms with Gasteiger partial charge in [0.1, 0.15) is 5.76 Å². The maximum absolute atomic E-state index is 11.9. The van der Waals surface area contributed by atoms with Gasteiger partial charge in [-0.05, 0) is 43.8 Å². The highest BCUT2D eigenvalue weighted by atomic mass is 32.2. The summed E-state index contributed by atoms with van der Waals surface area (Å²) >= 11 is 0. The van der Waals surface area contributed by atoms with E-state index in [0.29, 0.717) is 17.0 Å². The highest BCUT2D eigenvalue weighted by Gasteiger charge is 2.15. The van der Waals surface area contributed by atoms with Crippen molar-refractivity contribution in [2.24, 2.45) is 0 Å². The SMILES string of the molecule is CNS(=O)(=O)c1cc(NC(=O)NCc2ccco2)ccc1C. The van der Waals surface area contributed by atoms with Gasteiger partial charge in [0.15, 0.2) is 0 Å². The first kappa shape index (κ1) is 16.1. The van der Waals surface area contributed by atoms with Gasteiger partial charge in [0.2, 0.25) is 10.0 Å². The zero-order chi connectivity index (χ0) is 16.2. The summed E-state index contributed by atoms with van der Waals surface area (Å²) in [5, 5.41) is 5.20. The van der Waals surface area contributed by atoms with Gasteiger partial charge in [0.05, 0.1) is 17.7 Å². The van der Waals surface area contributed by atoms with Crippen LogP contribution in [0.25, 0.3) is 0 Å². The van der Waals surface area contributed by atoms with Gasteiger partial charge in [-0.3, -0.25) is 0 Å². The zero-order valence-electron chi connectivity index (χ0n) is 12.2. The topological polar surface area (TPSA) is 100 Å². The van der Waals surface area contributed by atoms with Crippen LogP contribution in [0.4, 0.5) is 10.5 Å². The summed E-state index contributed by atoms with van der Waals surface area (Å²) in [5.41, 5.74) is 0.979. The quantitative estimate of drug-likeness (QED) is 0.781. The third kappa shape index (κ3) is 3.86. The summed E-state index contributed by atoms with van der Waals surface area (Å²) in [7, 11) is -2.23. The molecule has 0 spiro atoms. The summed E-state index contributed by atoms with van der Waals surface area (Å²) in [6.07, 6.45) is 1.52. The number of amides is 2. The minimum Gasteiger partial charge on any atom is -0.467 e. The molecule has 1 aromatic carbocycles. The van der Waals surface area contributed by atoms with E-state index in [2.05, 4.69) is 15.4 Å². The summed E-state index contributed by atoms with van der Waals surface area (Å²) < 4.78 is 31.1. The number of anilines is 1. The van der Waals surface area contributed by atoms with E-state index in [1.807, 2.05) is 0 Å². The lowest BCUT2D eigenvalue weighted by Crippen LogP contribution is -2.28. The number of hydrogen-bond donors (Lipinski definition) is 3. The van der Waals surface area contributed by atoms with Crippen LogP contribution in [0.2, 0.25) is 0 Å². The van der Waals surface area contributed by atoms with Crippen molar-refractivity contribution in [1.82, 2.24) is 10.0 Å². The summed E-state index contributed by atoms with van der Waals surface area (Å²) in [5.74, 6) is 0.623. The van der Waals surface area contributed by atoms with Crippen molar-refractivity contribution in [1.29, 1.82) is 0 Å². The number of aryl methyl sites for hydroxylation is 1. The van der Waals surface area contributed by atoms with Crippen molar-refractivity contribution in [3.05, 3.63) is 47.9 Å². The van der Waals surface area contributed by atoms with Gasteiger partial charge in [0, 0.05) is 5.69 Å². The van der Waals surface area contributed by atoms with Gasteiger partial charge in [-0.2, -0.15) is 0 Å². The normalized spacial score (nSPS) is 11.2. The van der Waals surface area contributed by atoms with Gasteiger partial charge < -0.3 is 15.1 Å². The lowest BCUT2D eigenvalue weighted by atomic mass is 10.2. The number of rotatable bonds is 5. The predicted molar refractivity (Wildman–Crippen MR) is 82.0 cm³/mol. The fraction of sp³-hybridized carbons (Fsp3) is 0.214. The minimum absolute atomic E-state index is 0.124. The number of furan rings is 1. The van der Waals surface area contributed by atoms with E-state index in [4.69, 9.17) is 4.42 Å². The molecule has 2 aromatic rings. The Labute approximate surface area is 128 Å². The third-order valence-corrected chi connectivity index (χ3v) is 4.56. The first-order valence-electron chi connectivity index (χ1n) is 6.54. The Bertz CT molecular complexity index is 754. The number of nitrogens with one attached hydrogen (secondary N) is 3. The molecule has 1 heterocycles. The van der Waals surface area contributed by atoms with E-state index in [1.165, 1.54) is 19.4 Å². The molecule has 0 aliphatic carbocycles. The van der Waals surface area contributed by atoms with Crippen molar-refractivity contribution < 1.29 is 17.6 Å². The lowest BCUT2D eigenvalue weighted by Gasteiger charge is -2.10. The molecule has 0 unspecified atom stereocenters. The highest BCUT2D eigenvalue weighted by Crippen LogP contribution is 2.19. The van der Waals surface area contributed by atoms with E-state index < -0.39 is 16.1 Å². The Morgan fingerprint density at radius 2 is 2.05 bits per heavy atom. The zero-order valence-corrected chi connectivity index (χ0v) is 13.0. The molecule has 0 bridgehead atoms. The molecule has 1 aromatic heterocycles. The molecule has 7 nitrogen and oxygen atoms in total. The maximum atomic E-state index is 11.9. The number of hydrogen-bond acceptors (Lipinski definition) is 4. The van der Waals surface area contributed by atoms with Crippen LogP contribution >= 0.6 is 0 Å². The molecule has 3 N–H and O–H groups in total. The van der Waals surface area contributed by atoms with Crippen molar-refractivity contribution in [3.63, 3.8) is 0 Å². The second kappa shape index (κ2) is 6.63. The monoisotopic (exact) mass is 323 g/mol. The minimum atomic E-state index is -3.57. The highest BCUT2D eigenvalue weighted by molar-refractivity contribution is 7.89. The largest absolute Gasteiger partial charge is 0.467 e. The van der Waals surface area contributed by atoms with Crippen LogP contribution < -0.4 is 15.4 Å². The number of benzene rings is 1. The molecular weight excluding hydrogens is 306 g/mol. The average molecular weight is 323 g/mol. The second-order valence-electron chi connectivity index (χ2n) is 4.57. The fourth-order valence-electron chi connectivity index (χ4n) is 1.83. The maximum Gasteiger partial charge on any atom is 0.319 e. The summed E-state index contributed by atoms with van der Waals surface area (Å²) in [6, 6.07) is 7.69. The van der Waals surface area contributed by atoms with E-state index in [0.717, 1.165) is 0 Å². The van der Waals surface area contributed by atoms with Gasteiger partial charge in [-0.15, -0.1) is 0 Å². The predicted octanol–water partition coefficient (Wildman–Crippen LogP) is 1.82. The molecule has 0 saturated carbocycles. The third-order valence-electron chi connectivity index (χ3n) is 3.01. The molecule has 0 aliphatic heterocycles. The molecular formula is C14H17N3O4S. The van der Waals surface area contributed by atoms with E-state index >= 15 is 0 Å². The average Bonchev–Trinajstić information content (AvgIpc) is 3.00. The number of sulfonamides is 1. The first-order valence-corrected chi connectivity index (χ1v) is 8.02. The van der Waals surface area contributed by atoms with Crippen molar-refractivity contribution >= 4 is 21.7 Å². The van der Waals surface area contributed by atoms with E-state index in [-0.39, 0.29) is 11.4 Å². The Hall–Kier alpha value is -2.32. The molecule has 118 valence electrons. The molecule has 0 fully saturated rings. The van der Waals surface area contributed by atoms with Crippen LogP contribution in [0.1, 0.15) is 11.3 Å². The van der Waals surface area contributed by atoms with E-state index in [1.54, 1.807) is 31.2 Å². The van der Waals surface area contributed by atoms with Crippen LogP contribution in [-0.2, 0) is 16.6 Å². The fourth-order valence-corrected chi connectivity index (χ4v) is 2.83. The Balaban J connectivity index is 2.06. The van der Waals surface area contributed by atoms with Crippen LogP contribution in [0.15, 0.2) is 45.9 Å². The molecule has 0 aliphatic rings. The number of carbonyl (C=O) groups excluding carboxylic acids is 1. The molecule has 2 rings (SSSR count). The van der Waals surface area contributed by atoms with Gasteiger partial charge in [-0.25, -0.2) is 17.9 Å². The standard InChI is InChI=1S/C14H17N3O4S/c1-10-5-6-11(8-13(10)22(19,20)15-2)17-14(18)16-9-12-4-3-7-21-12/h3-8,15H,9H2,1-2H3,(H2,16,17,18). The summed E-state index contributed by atoms with van der Waals surface area (Å²) in [4.78, 5) is 11.9. The van der Waals surface area contributed by atoms with Crippen molar-refractivity contribution in [2.75, 3.05) is 12.4 Å².